The summed E-state index contributed by atoms with van der Waals surface area (Å²) in [6.07, 6.45) is -0.459. The second-order valence-electron chi connectivity index (χ2n) is 6.89. The van der Waals surface area contributed by atoms with E-state index in [0.717, 1.165) is 28.0 Å². The van der Waals surface area contributed by atoms with Gasteiger partial charge in [-0.25, -0.2) is 4.79 Å². The molecule has 1 amide bonds. The van der Waals surface area contributed by atoms with Crippen LogP contribution in [0.1, 0.15) is 11.1 Å². The Morgan fingerprint density at radius 2 is 1.79 bits per heavy atom. The Morgan fingerprint density at radius 1 is 1.04 bits per heavy atom. The first-order chi connectivity index (χ1) is 13.6. The average Bonchev–Trinajstić information content (AvgIpc) is 3.11. The van der Waals surface area contributed by atoms with Crippen LogP contribution in [0.2, 0.25) is 5.02 Å². The van der Waals surface area contributed by atoms with Crippen LogP contribution in [0.3, 0.4) is 0 Å². The Hall–Kier alpha value is -2.98. The third-order valence-corrected chi connectivity index (χ3v) is 5.15. The predicted octanol–water partition coefficient (Wildman–Crippen LogP) is 5.49. The van der Waals surface area contributed by atoms with Crippen molar-refractivity contribution in [3.8, 4) is 16.9 Å². The summed E-state index contributed by atoms with van der Waals surface area (Å²) in [5.74, 6) is 0.833. The van der Waals surface area contributed by atoms with E-state index < -0.39 is 6.09 Å². The summed E-state index contributed by atoms with van der Waals surface area (Å²) in [4.78, 5) is 13.2. The van der Waals surface area contributed by atoms with Gasteiger partial charge < -0.3 is 14.7 Å². The molecule has 0 bridgehead atoms. The molecule has 142 valence electrons. The number of carbonyl (C=O) groups is 1. The van der Waals surface area contributed by atoms with Gasteiger partial charge >= 0.3 is 6.09 Å². The summed E-state index contributed by atoms with van der Waals surface area (Å²) < 4.78 is 6.20. The maximum atomic E-state index is 11.7. The van der Waals surface area contributed by atoms with Crippen molar-refractivity contribution in [3.63, 3.8) is 0 Å². The minimum absolute atomic E-state index is 0.205. The molecular weight excluding hydrogens is 374 g/mol. The van der Waals surface area contributed by atoms with Crippen molar-refractivity contribution < 1.29 is 14.6 Å². The van der Waals surface area contributed by atoms with E-state index in [2.05, 4.69) is 0 Å². The normalized spacial score (nSPS) is 15.0. The number of hydrogen-bond acceptors (Lipinski definition) is 2. The molecule has 0 fully saturated rings. The van der Waals surface area contributed by atoms with Gasteiger partial charge in [-0.15, -0.1) is 0 Å². The minimum Gasteiger partial charge on any atom is -0.487 e. The first kappa shape index (κ1) is 18.4. The summed E-state index contributed by atoms with van der Waals surface area (Å²) >= 11 is 6.00. The van der Waals surface area contributed by atoms with Gasteiger partial charge in [-0.2, -0.15) is 0 Å². The van der Waals surface area contributed by atoms with Gasteiger partial charge in [0.05, 0.1) is 6.54 Å². The number of halogens is 1. The number of hydrogen-bond donors (Lipinski definition) is 1. The van der Waals surface area contributed by atoms with Crippen LogP contribution in [0, 0.1) is 0 Å². The van der Waals surface area contributed by atoms with E-state index in [1.807, 2.05) is 72.8 Å². The molecule has 0 aliphatic carbocycles. The van der Waals surface area contributed by atoms with E-state index in [9.17, 15) is 9.90 Å². The maximum absolute atomic E-state index is 11.7. The monoisotopic (exact) mass is 393 g/mol. The Balaban J connectivity index is 1.52. The van der Waals surface area contributed by atoms with Gasteiger partial charge in [0.2, 0.25) is 0 Å². The van der Waals surface area contributed by atoms with Crippen molar-refractivity contribution in [1.82, 2.24) is 4.90 Å². The van der Waals surface area contributed by atoms with Crippen LogP contribution in [0.25, 0.3) is 11.1 Å². The summed E-state index contributed by atoms with van der Waals surface area (Å²) in [6, 6.07) is 23.3. The van der Waals surface area contributed by atoms with E-state index in [-0.39, 0.29) is 6.10 Å². The Morgan fingerprint density at radius 3 is 2.50 bits per heavy atom. The van der Waals surface area contributed by atoms with Crippen LogP contribution >= 0.6 is 11.6 Å². The van der Waals surface area contributed by atoms with Crippen LogP contribution in [-0.4, -0.2) is 28.7 Å². The number of carboxylic acid groups (broad SMARTS) is 1. The van der Waals surface area contributed by atoms with Gasteiger partial charge in [0.1, 0.15) is 11.9 Å². The zero-order valence-electron chi connectivity index (χ0n) is 15.2. The SMILES string of the molecule is O=C(O)N(Cc1ccccc1)CC1Cc2cccc(-c3ccc(Cl)cc3)c2O1. The second-order valence-corrected chi connectivity index (χ2v) is 7.33. The van der Waals surface area contributed by atoms with Gasteiger partial charge in [-0.05, 0) is 28.8 Å². The molecule has 1 N–H and O–H groups in total. The van der Waals surface area contributed by atoms with Crippen molar-refractivity contribution >= 4 is 17.7 Å². The van der Waals surface area contributed by atoms with Gasteiger partial charge in [0, 0.05) is 23.6 Å². The molecule has 3 aromatic carbocycles. The number of ether oxygens (including phenoxy) is 1. The standard InChI is InChI=1S/C23H20ClNO3/c24-19-11-9-17(10-12-19)21-8-4-7-18-13-20(28-22(18)21)15-25(23(26)27)14-16-5-2-1-3-6-16/h1-12,20H,13-15H2,(H,26,27). The van der Waals surface area contributed by atoms with Crippen LogP contribution in [0.4, 0.5) is 4.79 Å². The molecule has 0 aromatic heterocycles. The summed E-state index contributed by atoms with van der Waals surface area (Å²) in [5, 5.41) is 10.3. The lowest BCUT2D eigenvalue weighted by atomic mass is 10.0. The molecule has 1 unspecified atom stereocenters. The quantitative estimate of drug-likeness (QED) is 0.623. The first-order valence-corrected chi connectivity index (χ1v) is 9.54. The predicted molar refractivity (Wildman–Crippen MR) is 110 cm³/mol. The van der Waals surface area contributed by atoms with Crippen LogP contribution in [0.15, 0.2) is 72.8 Å². The molecule has 4 rings (SSSR count). The highest BCUT2D eigenvalue weighted by atomic mass is 35.5. The van der Waals surface area contributed by atoms with Crippen LogP contribution in [-0.2, 0) is 13.0 Å². The number of nitrogens with zero attached hydrogens (tertiary/aromatic N) is 1. The lowest BCUT2D eigenvalue weighted by Gasteiger charge is -2.23. The number of amides is 1. The number of fused-ring (bicyclic) bond motifs is 1. The van der Waals surface area contributed by atoms with Crippen molar-refractivity contribution in [2.24, 2.45) is 0 Å². The molecule has 4 nitrogen and oxygen atoms in total. The minimum atomic E-state index is -0.943. The summed E-state index contributed by atoms with van der Waals surface area (Å²) in [7, 11) is 0. The molecule has 0 saturated carbocycles. The molecule has 1 aliphatic heterocycles. The second kappa shape index (κ2) is 7.95. The van der Waals surface area contributed by atoms with E-state index in [1.165, 1.54) is 4.90 Å². The number of rotatable bonds is 5. The van der Waals surface area contributed by atoms with Gasteiger partial charge in [0.15, 0.2) is 0 Å². The van der Waals surface area contributed by atoms with E-state index in [1.54, 1.807) is 0 Å². The Labute approximate surface area is 168 Å². The molecule has 28 heavy (non-hydrogen) atoms. The van der Waals surface area contributed by atoms with E-state index in [4.69, 9.17) is 16.3 Å². The molecule has 0 spiro atoms. The van der Waals surface area contributed by atoms with E-state index in [0.29, 0.717) is 24.5 Å². The fraction of sp³-hybridized carbons (Fsp3) is 0.174. The highest BCUT2D eigenvalue weighted by Gasteiger charge is 2.29. The molecule has 0 saturated heterocycles. The fourth-order valence-electron chi connectivity index (χ4n) is 3.56. The van der Waals surface area contributed by atoms with Crippen molar-refractivity contribution in [1.29, 1.82) is 0 Å². The highest BCUT2D eigenvalue weighted by molar-refractivity contribution is 6.30. The third-order valence-electron chi connectivity index (χ3n) is 4.89. The molecule has 0 radical (unpaired) electrons. The molecular formula is C23H20ClNO3. The smallest absolute Gasteiger partial charge is 0.407 e. The fourth-order valence-corrected chi connectivity index (χ4v) is 3.68. The maximum Gasteiger partial charge on any atom is 0.407 e. The molecule has 1 heterocycles. The van der Waals surface area contributed by atoms with Crippen molar-refractivity contribution in [3.05, 3.63) is 88.9 Å². The largest absolute Gasteiger partial charge is 0.487 e. The summed E-state index contributed by atoms with van der Waals surface area (Å²) in [5.41, 5.74) is 4.09. The topological polar surface area (TPSA) is 49.8 Å². The van der Waals surface area contributed by atoms with Gasteiger partial charge in [-0.1, -0.05) is 72.3 Å². The molecule has 3 aromatic rings. The molecule has 1 aliphatic rings. The Kier molecular flexibility index (Phi) is 5.22. The zero-order valence-corrected chi connectivity index (χ0v) is 16.0. The molecule has 1 atom stereocenters. The third kappa shape index (κ3) is 3.97. The first-order valence-electron chi connectivity index (χ1n) is 9.16. The zero-order chi connectivity index (χ0) is 19.5. The van der Waals surface area contributed by atoms with Gasteiger partial charge in [-0.3, -0.25) is 0 Å². The molecule has 5 heteroatoms. The number of para-hydroxylation sites is 1. The van der Waals surface area contributed by atoms with Crippen molar-refractivity contribution in [2.75, 3.05) is 6.54 Å². The van der Waals surface area contributed by atoms with Crippen LogP contribution < -0.4 is 4.74 Å². The average molecular weight is 394 g/mol. The lowest BCUT2D eigenvalue weighted by Crippen LogP contribution is -2.37. The summed E-state index contributed by atoms with van der Waals surface area (Å²) in [6.45, 7) is 0.662. The van der Waals surface area contributed by atoms with Crippen molar-refractivity contribution in [2.45, 2.75) is 19.1 Å². The van der Waals surface area contributed by atoms with Crippen LogP contribution in [0.5, 0.6) is 5.75 Å². The Bertz CT molecular complexity index is 973. The number of benzene rings is 3. The van der Waals surface area contributed by atoms with E-state index >= 15 is 0 Å². The lowest BCUT2D eigenvalue weighted by molar-refractivity contribution is 0.113. The van der Waals surface area contributed by atoms with Gasteiger partial charge in [0.25, 0.3) is 0 Å². The highest BCUT2D eigenvalue weighted by Crippen LogP contribution is 2.39.